The minimum Gasteiger partial charge on any atom is -0.297 e. The number of H-pyrrole nitrogens is 1. The Bertz CT molecular complexity index is 605. The van der Waals surface area contributed by atoms with E-state index in [1.165, 1.54) is 12.8 Å². The van der Waals surface area contributed by atoms with Crippen LogP contribution in [0.2, 0.25) is 0 Å². The quantitative estimate of drug-likeness (QED) is 0.893. The molecule has 2 aliphatic heterocycles. The molecular weight excluding hydrogens is 288 g/mol. The molecule has 0 aromatic carbocycles. The minimum absolute atomic E-state index is 0.0121. The number of aromatic nitrogens is 2. The maximum absolute atomic E-state index is 13.0. The molecule has 0 spiro atoms. The highest BCUT2D eigenvalue weighted by Crippen LogP contribution is 2.30. The van der Waals surface area contributed by atoms with Gasteiger partial charge in [0.2, 0.25) is 10.0 Å². The molecule has 118 valence electrons. The first-order valence-electron chi connectivity index (χ1n) is 7.68. The Balaban J connectivity index is 1.92. The Morgan fingerprint density at radius 2 is 2.00 bits per heavy atom. The third-order valence-electron chi connectivity index (χ3n) is 4.76. The molecule has 3 rings (SSSR count). The van der Waals surface area contributed by atoms with Gasteiger partial charge in [0.1, 0.15) is 4.90 Å². The lowest BCUT2D eigenvalue weighted by Crippen LogP contribution is -2.59. The van der Waals surface area contributed by atoms with Crippen LogP contribution in [0.3, 0.4) is 0 Å². The van der Waals surface area contributed by atoms with E-state index in [1.54, 1.807) is 18.2 Å². The molecular formula is C14H24N4O2S. The molecule has 1 N–H and O–H groups in total. The predicted molar refractivity (Wildman–Crippen MR) is 80.6 cm³/mol. The molecule has 0 radical (unpaired) electrons. The number of hydrogen-bond donors (Lipinski definition) is 1. The van der Waals surface area contributed by atoms with Crippen LogP contribution in [0.25, 0.3) is 0 Å². The number of piperazine rings is 1. The number of aryl methyl sites for hydroxylation is 2. The van der Waals surface area contributed by atoms with E-state index in [4.69, 9.17) is 0 Å². The largest absolute Gasteiger partial charge is 0.297 e. The summed E-state index contributed by atoms with van der Waals surface area (Å²) in [5.74, 6) is 0. The van der Waals surface area contributed by atoms with Gasteiger partial charge in [-0.1, -0.05) is 6.42 Å². The van der Waals surface area contributed by atoms with Gasteiger partial charge >= 0.3 is 0 Å². The van der Waals surface area contributed by atoms with Gasteiger partial charge in [-0.25, -0.2) is 8.42 Å². The van der Waals surface area contributed by atoms with Crippen LogP contribution in [0.15, 0.2) is 4.90 Å². The van der Waals surface area contributed by atoms with Crippen molar-refractivity contribution in [3.8, 4) is 0 Å². The monoisotopic (exact) mass is 312 g/mol. The number of sulfonamides is 1. The van der Waals surface area contributed by atoms with Crippen molar-refractivity contribution in [3.63, 3.8) is 0 Å². The lowest BCUT2D eigenvalue weighted by Gasteiger charge is -2.46. The molecule has 1 aromatic heterocycles. The fraction of sp³-hybridized carbons (Fsp3) is 0.786. The smallest absolute Gasteiger partial charge is 0.247 e. The molecule has 2 saturated heterocycles. The zero-order valence-corrected chi connectivity index (χ0v) is 13.8. The van der Waals surface area contributed by atoms with Crippen LogP contribution in [-0.4, -0.2) is 59.5 Å². The summed E-state index contributed by atoms with van der Waals surface area (Å²) in [5.41, 5.74) is 1.19. The maximum atomic E-state index is 13.0. The second kappa shape index (κ2) is 5.37. The van der Waals surface area contributed by atoms with Crippen molar-refractivity contribution in [2.45, 2.75) is 57.0 Å². The van der Waals surface area contributed by atoms with Gasteiger partial charge in [0.25, 0.3) is 0 Å². The number of piperidine rings is 1. The summed E-state index contributed by atoms with van der Waals surface area (Å²) >= 11 is 0. The summed E-state index contributed by atoms with van der Waals surface area (Å²) in [6.45, 7) is 8.07. The Hall–Kier alpha value is -0.920. The van der Waals surface area contributed by atoms with Crippen molar-refractivity contribution in [3.05, 3.63) is 11.4 Å². The number of rotatable bonds is 2. The maximum Gasteiger partial charge on any atom is 0.247 e. The normalized spacial score (nSPS) is 28.5. The zero-order chi connectivity index (χ0) is 15.2. The van der Waals surface area contributed by atoms with E-state index in [1.807, 2.05) is 6.92 Å². The number of hydrogen-bond acceptors (Lipinski definition) is 4. The first kappa shape index (κ1) is 15.0. The van der Waals surface area contributed by atoms with Gasteiger partial charge in [-0.15, -0.1) is 0 Å². The summed E-state index contributed by atoms with van der Waals surface area (Å²) in [5, 5.41) is 6.83. The van der Waals surface area contributed by atoms with Crippen LogP contribution in [0.5, 0.6) is 0 Å². The van der Waals surface area contributed by atoms with Gasteiger partial charge in [0.05, 0.1) is 11.4 Å². The topological polar surface area (TPSA) is 69.3 Å². The predicted octanol–water partition coefficient (Wildman–Crippen LogP) is 1.27. The molecule has 0 aliphatic carbocycles. The highest BCUT2D eigenvalue weighted by atomic mass is 32.2. The van der Waals surface area contributed by atoms with E-state index in [0.717, 1.165) is 19.5 Å². The lowest BCUT2D eigenvalue weighted by molar-refractivity contribution is 0.0564. The summed E-state index contributed by atoms with van der Waals surface area (Å²) in [7, 11) is -3.47. The molecule has 21 heavy (non-hydrogen) atoms. The van der Waals surface area contributed by atoms with Crippen LogP contribution < -0.4 is 0 Å². The third-order valence-corrected chi connectivity index (χ3v) is 7.00. The summed E-state index contributed by atoms with van der Waals surface area (Å²) in [6, 6.07) is 0.385. The Labute approximate surface area is 126 Å². The van der Waals surface area contributed by atoms with Crippen molar-refractivity contribution in [1.82, 2.24) is 19.4 Å². The molecule has 0 amide bonds. The van der Waals surface area contributed by atoms with Crippen LogP contribution in [0, 0.1) is 13.8 Å². The van der Waals surface area contributed by atoms with Crippen molar-refractivity contribution >= 4 is 10.0 Å². The van der Waals surface area contributed by atoms with E-state index in [0.29, 0.717) is 28.9 Å². The van der Waals surface area contributed by atoms with E-state index >= 15 is 0 Å². The lowest BCUT2D eigenvalue weighted by atomic mass is 9.99. The van der Waals surface area contributed by atoms with E-state index in [-0.39, 0.29) is 6.04 Å². The molecule has 1 aromatic rings. The van der Waals surface area contributed by atoms with Crippen LogP contribution in [0.4, 0.5) is 0 Å². The molecule has 0 saturated carbocycles. The average molecular weight is 312 g/mol. The fourth-order valence-corrected chi connectivity index (χ4v) is 5.69. The molecule has 3 heterocycles. The van der Waals surface area contributed by atoms with E-state index in [2.05, 4.69) is 15.1 Å². The second-order valence-corrected chi connectivity index (χ2v) is 8.16. The van der Waals surface area contributed by atoms with E-state index in [9.17, 15) is 8.42 Å². The van der Waals surface area contributed by atoms with Crippen molar-refractivity contribution < 1.29 is 8.42 Å². The van der Waals surface area contributed by atoms with Gasteiger partial charge in [-0.2, -0.15) is 9.40 Å². The highest BCUT2D eigenvalue weighted by molar-refractivity contribution is 7.89. The molecule has 7 heteroatoms. The van der Waals surface area contributed by atoms with E-state index < -0.39 is 10.0 Å². The minimum atomic E-state index is -3.47. The molecule has 2 fully saturated rings. The van der Waals surface area contributed by atoms with Gasteiger partial charge in [-0.05, 0) is 40.2 Å². The highest BCUT2D eigenvalue weighted by Gasteiger charge is 2.40. The van der Waals surface area contributed by atoms with Crippen LogP contribution >= 0.6 is 0 Å². The Morgan fingerprint density at radius 1 is 1.24 bits per heavy atom. The average Bonchev–Trinajstić information content (AvgIpc) is 2.77. The number of aromatic amines is 1. The van der Waals surface area contributed by atoms with Crippen LogP contribution in [0.1, 0.15) is 37.6 Å². The van der Waals surface area contributed by atoms with Crippen molar-refractivity contribution in [2.24, 2.45) is 0 Å². The second-order valence-electron chi connectivity index (χ2n) is 6.33. The van der Waals surface area contributed by atoms with Crippen LogP contribution in [-0.2, 0) is 10.0 Å². The Kier molecular flexibility index (Phi) is 3.83. The van der Waals surface area contributed by atoms with Gasteiger partial charge in [-0.3, -0.25) is 10.00 Å². The number of fused-ring (bicyclic) bond motifs is 1. The first-order valence-corrected chi connectivity index (χ1v) is 9.12. The van der Waals surface area contributed by atoms with Crippen molar-refractivity contribution in [1.29, 1.82) is 0 Å². The van der Waals surface area contributed by atoms with Crippen molar-refractivity contribution in [2.75, 3.05) is 19.6 Å². The summed E-state index contributed by atoms with van der Waals surface area (Å²) < 4.78 is 27.7. The summed E-state index contributed by atoms with van der Waals surface area (Å²) in [6.07, 6.45) is 3.53. The fourth-order valence-electron chi connectivity index (χ4n) is 3.70. The molecule has 6 nitrogen and oxygen atoms in total. The first-order chi connectivity index (χ1) is 9.91. The molecule has 0 bridgehead atoms. The van der Waals surface area contributed by atoms with Gasteiger partial charge in [0.15, 0.2) is 0 Å². The third kappa shape index (κ3) is 2.51. The number of nitrogens with zero attached hydrogens (tertiary/aromatic N) is 3. The summed E-state index contributed by atoms with van der Waals surface area (Å²) in [4.78, 5) is 2.81. The standard InChI is InChI=1S/C14H24N4O2S/c1-10-8-17-7-5-4-6-13(17)9-18(10)21(19,20)14-11(2)15-16-12(14)3/h10,13H,4-9H2,1-3H3,(H,15,16). The zero-order valence-electron chi connectivity index (χ0n) is 13.0. The molecule has 2 unspecified atom stereocenters. The van der Waals surface area contributed by atoms with Gasteiger partial charge < -0.3 is 0 Å². The number of nitrogens with one attached hydrogen (secondary N) is 1. The Morgan fingerprint density at radius 3 is 2.67 bits per heavy atom. The molecule has 2 atom stereocenters. The van der Waals surface area contributed by atoms with Gasteiger partial charge in [0, 0.05) is 25.2 Å². The SMILES string of the molecule is Cc1n[nH]c(C)c1S(=O)(=O)N1CC2CCCCN2CC1C. The molecule has 2 aliphatic rings.